The number of amides is 1. The molecule has 0 bridgehead atoms. The normalized spacial score (nSPS) is 24.7. The summed E-state index contributed by atoms with van der Waals surface area (Å²) in [6.07, 6.45) is 8.73. The largest absolute Gasteiger partial charge is 0.396 e. The van der Waals surface area contributed by atoms with E-state index in [1.165, 1.54) is 5.56 Å². The van der Waals surface area contributed by atoms with Gasteiger partial charge in [-0.25, -0.2) is 0 Å². The number of pyridine rings is 1. The Kier molecular flexibility index (Phi) is 5.49. The summed E-state index contributed by atoms with van der Waals surface area (Å²) < 4.78 is 0. The Bertz CT molecular complexity index is 791. The zero-order valence-corrected chi connectivity index (χ0v) is 16.7. The molecule has 1 N–H and O–H groups in total. The lowest BCUT2D eigenvalue weighted by Gasteiger charge is -2.43. The molecule has 1 amide bonds. The maximum absolute atomic E-state index is 13.3. The number of aromatic nitrogens is 1. The van der Waals surface area contributed by atoms with Crippen LogP contribution >= 0.6 is 0 Å². The number of benzene rings is 1. The number of aryl methyl sites for hydroxylation is 1. The van der Waals surface area contributed by atoms with Crippen molar-refractivity contribution in [3.8, 4) is 0 Å². The van der Waals surface area contributed by atoms with E-state index in [4.69, 9.17) is 0 Å². The van der Waals surface area contributed by atoms with Crippen molar-refractivity contribution >= 4 is 5.91 Å². The fourth-order valence-electron chi connectivity index (χ4n) is 4.79. The molecule has 28 heavy (non-hydrogen) atoms. The number of hydrogen-bond donors (Lipinski definition) is 1. The lowest BCUT2D eigenvalue weighted by Crippen LogP contribution is -2.47. The molecule has 4 nitrogen and oxygen atoms in total. The van der Waals surface area contributed by atoms with Gasteiger partial charge in [0, 0.05) is 41.6 Å². The zero-order valence-electron chi connectivity index (χ0n) is 16.7. The van der Waals surface area contributed by atoms with Crippen LogP contribution in [0, 0.1) is 6.92 Å². The molecule has 1 heterocycles. The van der Waals surface area contributed by atoms with Gasteiger partial charge in [-0.2, -0.15) is 0 Å². The van der Waals surface area contributed by atoms with E-state index in [1.807, 2.05) is 49.5 Å². The minimum atomic E-state index is -0.0609. The van der Waals surface area contributed by atoms with Crippen LogP contribution in [0.15, 0.2) is 48.7 Å². The van der Waals surface area contributed by atoms with Crippen LogP contribution in [0.1, 0.15) is 66.6 Å². The van der Waals surface area contributed by atoms with E-state index in [9.17, 15) is 9.90 Å². The van der Waals surface area contributed by atoms with E-state index in [0.29, 0.717) is 6.04 Å². The molecule has 2 saturated carbocycles. The van der Waals surface area contributed by atoms with E-state index in [2.05, 4.69) is 16.0 Å². The van der Waals surface area contributed by atoms with Crippen molar-refractivity contribution in [1.29, 1.82) is 0 Å². The number of aliphatic hydroxyl groups is 1. The maximum atomic E-state index is 13.3. The molecule has 4 heteroatoms. The Labute approximate surface area is 167 Å². The van der Waals surface area contributed by atoms with Crippen LogP contribution in [-0.4, -0.2) is 39.6 Å². The minimum absolute atomic E-state index is 0.0609. The molecule has 0 aliphatic heterocycles. The molecule has 2 aliphatic rings. The second-order valence-corrected chi connectivity index (χ2v) is 8.51. The van der Waals surface area contributed by atoms with Gasteiger partial charge in [0.25, 0.3) is 5.91 Å². The Morgan fingerprint density at radius 1 is 1.07 bits per heavy atom. The highest BCUT2D eigenvalue weighted by Gasteiger charge is 2.43. The first-order chi connectivity index (χ1) is 13.6. The molecule has 4 rings (SSSR count). The number of carbonyl (C=O) groups is 1. The maximum Gasteiger partial charge on any atom is 0.254 e. The summed E-state index contributed by atoms with van der Waals surface area (Å²) >= 11 is 0. The molecule has 0 unspecified atom stereocenters. The molecule has 1 aromatic heterocycles. The Morgan fingerprint density at radius 2 is 1.75 bits per heavy atom. The van der Waals surface area contributed by atoms with Gasteiger partial charge in [-0.15, -0.1) is 0 Å². The molecule has 0 spiro atoms. The lowest BCUT2D eigenvalue weighted by atomic mass is 9.68. The van der Waals surface area contributed by atoms with Crippen LogP contribution < -0.4 is 0 Å². The van der Waals surface area contributed by atoms with E-state index in [-0.39, 0.29) is 24.0 Å². The average molecular weight is 379 g/mol. The number of aliphatic hydroxyl groups excluding tert-OH is 1. The van der Waals surface area contributed by atoms with Crippen molar-refractivity contribution in [2.75, 3.05) is 6.61 Å². The summed E-state index contributed by atoms with van der Waals surface area (Å²) in [4.78, 5) is 20.0. The molecule has 2 fully saturated rings. The topological polar surface area (TPSA) is 53.4 Å². The monoisotopic (exact) mass is 378 g/mol. The predicted octanol–water partition coefficient (Wildman–Crippen LogP) is 4.26. The minimum Gasteiger partial charge on any atom is -0.396 e. The molecule has 0 saturated heterocycles. The highest BCUT2D eigenvalue weighted by Crippen LogP contribution is 2.44. The van der Waals surface area contributed by atoms with Gasteiger partial charge in [-0.3, -0.25) is 9.78 Å². The first-order valence-corrected chi connectivity index (χ1v) is 10.5. The van der Waals surface area contributed by atoms with Crippen LogP contribution in [0.25, 0.3) is 0 Å². The molecule has 0 atom stereocenters. The molecule has 2 aromatic rings. The third-order valence-electron chi connectivity index (χ3n) is 6.58. The van der Waals surface area contributed by atoms with Crippen molar-refractivity contribution in [1.82, 2.24) is 9.88 Å². The summed E-state index contributed by atoms with van der Waals surface area (Å²) in [7, 11) is 0. The van der Waals surface area contributed by atoms with Crippen molar-refractivity contribution in [2.45, 2.75) is 69.4 Å². The first kappa shape index (κ1) is 19.1. The fourth-order valence-corrected chi connectivity index (χ4v) is 4.79. The summed E-state index contributed by atoms with van der Waals surface area (Å²) in [6.45, 7) is 2.22. The van der Waals surface area contributed by atoms with Crippen molar-refractivity contribution in [3.05, 3.63) is 65.5 Å². The van der Waals surface area contributed by atoms with Gasteiger partial charge in [0.15, 0.2) is 0 Å². The van der Waals surface area contributed by atoms with Crippen LogP contribution in [0.5, 0.6) is 0 Å². The highest BCUT2D eigenvalue weighted by molar-refractivity contribution is 5.95. The van der Waals surface area contributed by atoms with Crippen LogP contribution in [0.2, 0.25) is 0 Å². The average Bonchev–Trinajstić information content (AvgIpc) is 3.56. The highest BCUT2D eigenvalue weighted by atomic mass is 16.3. The van der Waals surface area contributed by atoms with Gasteiger partial charge in [-0.1, -0.05) is 23.8 Å². The number of hydrogen-bond acceptors (Lipinski definition) is 3. The van der Waals surface area contributed by atoms with Crippen LogP contribution in [0.4, 0.5) is 0 Å². The quantitative estimate of drug-likeness (QED) is 0.817. The molecular weight excluding hydrogens is 348 g/mol. The van der Waals surface area contributed by atoms with Crippen molar-refractivity contribution in [3.63, 3.8) is 0 Å². The van der Waals surface area contributed by atoms with Crippen LogP contribution in [-0.2, 0) is 5.41 Å². The standard InChI is InChI=1S/C24H30N2O2/c1-18-5-7-19(8-6-18)23(28)26(20-9-10-20)21-11-13-24(14-12-21,15-17-27)22-4-2-3-16-25-22/h2-8,16,20-21,27H,9-15,17H2,1H3. The van der Waals surface area contributed by atoms with E-state index >= 15 is 0 Å². The van der Waals surface area contributed by atoms with Gasteiger partial charge in [-0.05, 0) is 76.1 Å². The zero-order chi connectivity index (χ0) is 19.6. The molecular formula is C24H30N2O2. The lowest BCUT2D eigenvalue weighted by molar-refractivity contribution is 0.0548. The molecule has 148 valence electrons. The summed E-state index contributed by atoms with van der Waals surface area (Å²) in [5.74, 6) is 0.181. The summed E-state index contributed by atoms with van der Waals surface area (Å²) in [5, 5.41) is 9.69. The number of nitrogens with zero attached hydrogens (tertiary/aromatic N) is 2. The van der Waals surface area contributed by atoms with Gasteiger partial charge in [0.05, 0.1) is 0 Å². The van der Waals surface area contributed by atoms with Crippen molar-refractivity contribution in [2.24, 2.45) is 0 Å². The summed E-state index contributed by atoms with van der Waals surface area (Å²) in [5.41, 5.74) is 3.00. The second kappa shape index (κ2) is 8.04. The second-order valence-electron chi connectivity index (χ2n) is 8.51. The van der Waals surface area contributed by atoms with Crippen molar-refractivity contribution < 1.29 is 9.90 Å². The van der Waals surface area contributed by atoms with Gasteiger partial charge >= 0.3 is 0 Å². The predicted molar refractivity (Wildman–Crippen MR) is 110 cm³/mol. The van der Waals surface area contributed by atoms with E-state index in [0.717, 1.165) is 56.2 Å². The van der Waals surface area contributed by atoms with Gasteiger partial charge < -0.3 is 10.0 Å². The third-order valence-corrected chi connectivity index (χ3v) is 6.58. The van der Waals surface area contributed by atoms with Crippen LogP contribution in [0.3, 0.4) is 0 Å². The fraction of sp³-hybridized carbons (Fsp3) is 0.500. The van der Waals surface area contributed by atoms with E-state index < -0.39 is 0 Å². The van der Waals surface area contributed by atoms with Gasteiger partial charge in [0.2, 0.25) is 0 Å². The van der Waals surface area contributed by atoms with Gasteiger partial charge in [0.1, 0.15) is 0 Å². The van der Waals surface area contributed by atoms with E-state index in [1.54, 1.807) is 0 Å². The Hall–Kier alpha value is -2.20. The SMILES string of the molecule is Cc1ccc(C(=O)N(C2CC2)C2CCC(CCO)(c3ccccn3)CC2)cc1. The summed E-state index contributed by atoms with van der Waals surface area (Å²) in [6, 6.07) is 14.7. The first-order valence-electron chi connectivity index (χ1n) is 10.5. The molecule has 2 aliphatic carbocycles. The third kappa shape index (κ3) is 3.83. The smallest absolute Gasteiger partial charge is 0.254 e. The molecule has 0 radical (unpaired) electrons. The Balaban J connectivity index is 1.52. The molecule has 1 aromatic carbocycles. The Morgan fingerprint density at radius 3 is 2.32 bits per heavy atom. The number of rotatable bonds is 6. The number of carbonyl (C=O) groups excluding carboxylic acids is 1.